The van der Waals surface area contributed by atoms with Crippen LogP contribution in [-0.2, 0) is 11.8 Å². The maximum Gasteiger partial charge on any atom is 0.159 e. The van der Waals surface area contributed by atoms with Crippen molar-refractivity contribution in [1.82, 2.24) is 29.5 Å². The number of anilines is 1. The van der Waals surface area contributed by atoms with E-state index in [0.29, 0.717) is 19.0 Å². The Morgan fingerprint density at radius 2 is 1.81 bits per heavy atom. The Hall–Kier alpha value is -3.78. The molecule has 1 aromatic carbocycles. The van der Waals surface area contributed by atoms with Crippen LogP contribution in [0.2, 0.25) is 0 Å². The summed E-state index contributed by atoms with van der Waals surface area (Å²) in [5.74, 6) is 2.22. The highest BCUT2D eigenvalue weighted by Gasteiger charge is 2.16. The van der Waals surface area contributed by atoms with Gasteiger partial charge in [0, 0.05) is 44.2 Å². The average molecular weight is 428 g/mol. The van der Waals surface area contributed by atoms with Crippen molar-refractivity contribution in [3.8, 4) is 17.1 Å². The summed E-state index contributed by atoms with van der Waals surface area (Å²) in [6.45, 7) is 5.07. The molecule has 0 bridgehead atoms. The van der Waals surface area contributed by atoms with Gasteiger partial charge in [-0.3, -0.25) is 4.68 Å². The first-order valence-electron chi connectivity index (χ1n) is 10.7. The van der Waals surface area contributed by atoms with E-state index in [1.807, 2.05) is 59.0 Å². The van der Waals surface area contributed by atoms with Gasteiger partial charge in [0.25, 0.3) is 0 Å². The summed E-state index contributed by atoms with van der Waals surface area (Å²) in [5.41, 5.74) is 4.18. The van der Waals surface area contributed by atoms with Crippen molar-refractivity contribution < 1.29 is 4.74 Å². The molecule has 4 heterocycles. The van der Waals surface area contributed by atoms with E-state index in [1.165, 1.54) is 5.56 Å². The van der Waals surface area contributed by atoms with Crippen molar-refractivity contribution >= 4 is 18.0 Å². The van der Waals surface area contributed by atoms with Crippen LogP contribution in [0.25, 0.3) is 29.2 Å². The van der Waals surface area contributed by atoms with Crippen LogP contribution in [0.15, 0.2) is 54.9 Å². The quantitative estimate of drug-likeness (QED) is 0.486. The van der Waals surface area contributed by atoms with Gasteiger partial charge >= 0.3 is 0 Å². The van der Waals surface area contributed by atoms with E-state index >= 15 is 0 Å². The van der Waals surface area contributed by atoms with Gasteiger partial charge in [0.15, 0.2) is 11.6 Å². The summed E-state index contributed by atoms with van der Waals surface area (Å²) >= 11 is 0. The highest BCUT2D eigenvalue weighted by Crippen LogP contribution is 2.22. The molecule has 0 atom stereocenters. The molecule has 1 aliphatic rings. The molecule has 0 saturated carbocycles. The molecule has 0 spiro atoms. The van der Waals surface area contributed by atoms with E-state index in [2.05, 4.69) is 35.1 Å². The zero-order valence-electron chi connectivity index (χ0n) is 18.2. The third kappa shape index (κ3) is 4.31. The fourth-order valence-electron chi connectivity index (χ4n) is 3.70. The van der Waals surface area contributed by atoms with E-state index in [9.17, 15) is 0 Å². The topological polar surface area (TPSA) is 73.9 Å². The average Bonchev–Trinajstić information content (AvgIpc) is 3.47. The minimum atomic E-state index is 0.623. The smallest absolute Gasteiger partial charge is 0.159 e. The van der Waals surface area contributed by atoms with Gasteiger partial charge in [-0.1, -0.05) is 23.8 Å². The zero-order chi connectivity index (χ0) is 21.9. The van der Waals surface area contributed by atoms with Gasteiger partial charge in [-0.25, -0.2) is 14.6 Å². The van der Waals surface area contributed by atoms with Gasteiger partial charge < -0.3 is 9.64 Å². The number of nitrogens with zero attached hydrogens (tertiary/aromatic N) is 7. The summed E-state index contributed by atoms with van der Waals surface area (Å²) in [4.78, 5) is 11.8. The fourth-order valence-corrected chi connectivity index (χ4v) is 3.70. The molecule has 162 valence electrons. The van der Waals surface area contributed by atoms with Crippen molar-refractivity contribution in [3.05, 3.63) is 71.9 Å². The Morgan fingerprint density at radius 3 is 2.59 bits per heavy atom. The van der Waals surface area contributed by atoms with Crippen molar-refractivity contribution in [1.29, 1.82) is 0 Å². The molecule has 1 saturated heterocycles. The van der Waals surface area contributed by atoms with Crippen LogP contribution in [0.4, 0.5) is 5.82 Å². The number of rotatable bonds is 5. The van der Waals surface area contributed by atoms with E-state index in [1.54, 1.807) is 6.20 Å². The molecular weight excluding hydrogens is 402 g/mol. The first kappa shape index (κ1) is 20.1. The molecule has 0 N–H and O–H groups in total. The minimum Gasteiger partial charge on any atom is -0.378 e. The van der Waals surface area contributed by atoms with Gasteiger partial charge in [0.2, 0.25) is 0 Å². The van der Waals surface area contributed by atoms with Crippen molar-refractivity contribution in [2.24, 2.45) is 7.05 Å². The second-order valence-electron chi connectivity index (χ2n) is 7.77. The lowest BCUT2D eigenvalue weighted by Gasteiger charge is -2.28. The maximum absolute atomic E-state index is 5.51. The third-order valence-corrected chi connectivity index (χ3v) is 5.45. The van der Waals surface area contributed by atoms with Crippen LogP contribution in [0.3, 0.4) is 0 Å². The Labute approximate surface area is 186 Å². The molecule has 4 aromatic rings. The summed E-state index contributed by atoms with van der Waals surface area (Å²) in [7, 11) is 1.91. The third-order valence-electron chi connectivity index (χ3n) is 5.45. The van der Waals surface area contributed by atoms with E-state index in [4.69, 9.17) is 19.8 Å². The van der Waals surface area contributed by atoms with Crippen LogP contribution in [0, 0.1) is 6.92 Å². The molecule has 8 nitrogen and oxygen atoms in total. The molecule has 0 aliphatic carbocycles. The van der Waals surface area contributed by atoms with Crippen LogP contribution >= 0.6 is 0 Å². The van der Waals surface area contributed by atoms with Gasteiger partial charge in [-0.05, 0) is 37.3 Å². The lowest BCUT2D eigenvalue weighted by atomic mass is 10.1. The monoisotopic (exact) mass is 427 g/mol. The summed E-state index contributed by atoms with van der Waals surface area (Å²) in [6.07, 6.45) is 7.59. The van der Waals surface area contributed by atoms with Gasteiger partial charge in [-0.2, -0.15) is 10.2 Å². The van der Waals surface area contributed by atoms with Crippen LogP contribution in [0.5, 0.6) is 0 Å². The highest BCUT2D eigenvalue weighted by atomic mass is 16.5. The normalized spacial score (nSPS) is 14.4. The van der Waals surface area contributed by atoms with Gasteiger partial charge in [0.1, 0.15) is 5.82 Å². The fraction of sp³-hybridized carbons (Fsp3) is 0.250. The number of aromatic nitrogens is 6. The molecule has 0 amide bonds. The predicted molar refractivity (Wildman–Crippen MR) is 124 cm³/mol. The van der Waals surface area contributed by atoms with Crippen LogP contribution in [0.1, 0.15) is 17.1 Å². The molecule has 0 unspecified atom stereocenters. The highest BCUT2D eigenvalue weighted by molar-refractivity contribution is 5.66. The summed E-state index contributed by atoms with van der Waals surface area (Å²) in [6, 6.07) is 14.3. The first-order chi connectivity index (χ1) is 15.7. The Kier molecular flexibility index (Phi) is 5.51. The second kappa shape index (κ2) is 8.76. The molecule has 1 fully saturated rings. The Balaban J connectivity index is 1.52. The maximum atomic E-state index is 5.51. The van der Waals surface area contributed by atoms with E-state index in [-0.39, 0.29) is 0 Å². The zero-order valence-corrected chi connectivity index (χ0v) is 18.2. The largest absolute Gasteiger partial charge is 0.378 e. The molecule has 0 radical (unpaired) electrons. The number of ether oxygens (including phenoxy) is 1. The Morgan fingerprint density at radius 1 is 0.969 bits per heavy atom. The summed E-state index contributed by atoms with van der Waals surface area (Å²) in [5, 5.41) is 9.00. The lowest BCUT2D eigenvalue weighted by Crippen LogP contribution is -2.37. The first-order valence-corrected chi connectivity index (χ1v) is 10.7. The van der Waals surface area contributed by atoms with Crippen molar-refractivity contribution in [2.45, 2.75) is 6.92 Å². The van der Waals surface area contributed by atoms with Gasteiger partial charge in [-0.15, -0.1) is 0 Å². The number of morpholine rings is 1. The van der Waals surface area contributed by atoms with Crippen LogP contribution in [-0.4, -0.2) is 55.8 Å². The molecule has 8 heteroatoms. The lowest BCUT2D eigenvalue weighted by molar-refractivity contribution is 0.122. The predicted octanol–water partition coefficient (Wildman–Crippen LogP) is 3.38. The number of hydrogen-bond donors (Lipinski definition) is 0. The summed E-state index contributed by atoms with van der Waals surface area (Å²) < 4.78 is 9.13. The van der Waals surface area contributed by atoms with Crippen molar-refractivity contribution in [3.63, 3.8) is 0 Å². The molecular formula is C24H25N7O. The SMILES string of the molecule is Cc1cccc(-c2ccn(-c3cc(N4CCOCC4)nc(/C=C/c4ccnn4C)n3)n2)c1. The van der Waals surface area contributed by atoms with Gasteiger partial charge in [0.05, 0.1) is 24.6 Å². The van der Waals surface area contributed by atoms with Crippen LogP contribution < -0.4 is 4.90 Å². The van der Waals surface area contributed by atoms with E-state index in [0.717, 1.165) is 41.7 Å². The number of hydrogen-bond acceptors (Lipinski definition) is 6. The molecule has 32 heavy (non-hydrogen) atoms. The molecule has 1 aliphatic heterocycles. The number of benzene rings is 1. The molecule has 3 aromatic heterocycles. The second-order valence-corrected chi connectivity index (χ2v) is 7.77. The minimum absolute atomic E-state index is 0.623. The van der Waals surface area contributed by atoms with Crippen molar-refractivity contribution in [2.75, 3.05) is 31.2 Å². The standard InChI is InChI=1S/C24H25N7O/c1-18-4-3-5-19(16-18)21-9-11-31(28-21)24-17-23(30-12-14-32-15-13-30)26-22(27-24)7-6-20-8-10-25-29(20)2/h3-11,16-17H,12-15H2,1-2H3/b7-6+. The number of aryl methyl sites for hydroxylation is 2. The Bertz CT molecular complexity index is 1250. The molecule has 5 rings (SSSR count). The van der Waals surface area contributed by atoms with E-state index < -0.39 is 0 Å².